The number of anilines is 3. The molecule has 10 aromatic carbocycles. The molecule has 0 aliphatic carbocycles. The fourth-order valence-corrected chi connectivity index (χ4v) is 8.92. The van der Waals surface area contributed by atoms with E-state index in [0.29, 0.717) is 0 Å². The molecule has 0 aliphatic rings. The molecular formula is C56H38N2. The van der Waals surface area contributed by atoms with Crippen LogP contribution in [0.2, 0.25) is 0 Å². The molecule has 11 aromatic rings. The third-order valence-electron chi connectivity index (χ3n) is 11.6. The summed E-state index contributed by atoms with van der Waals surface area (Å²) in [5, 5.41) is 7.45. The lowest BCUT2D eigenvalue weighted by Crippen LogP contribution is -2.10. The van der Waals surface area contributed by atoms with Crippen LogP contribution in [0.1, 0.15) is 0 Å². The number of aromatic nitrogens is 1. The Bertz CT molecular complexity index is 3210. The maximum absolute atomic E-state index is 2.43. The minimum Gasteiger partial charge on any atom is -0.310 e. The van der Waals surface area contributed by atoms with Gasteiger partial charge in [0.1, 0.15) is 0 Å². The van der Waals surface area contributed by atoms with Crippen LogP contribution in [0.25, 0.3) is 82.4 Å². The van der Waals surface area contributed by atoms with Crippen molar-refractivity contribution < 1.29 is 0 Å². The number of fused-ring (bicyclic) bond motifs is 5. The number of benzene rings is 10. The predicted molar refractivity (Wildman–Crippen MR) is 247 cm³/mol. The van der Waals surface area contributed by atoms with Gasteiger partial charge in [-0.05, 0) is 92.5 Å². The van der Waals surface area contributed by atoms with Gasteiger partial charge in [-0.25, -0.2) is 0 Å². The molecule has 2 nitrogen and oxygen atoms in total. The lowest BCUT2D eigenvalue weighted by atomic mass is 9.94. The second kappa shape index (κ2) is 14.1. The zero-order chi connectivity index (χ0) is 38.4. The molecule has 2 heteroatoms. The molecule has 0 unspecified atom stereocenters. The minimum absolute atomic E-state index is 1.10. The third kappa shape index (κ3) is 5.66. The summed E-state index contributed by atoms with van der Waals surface area (Å²) in [6.07, 6.45) is 0. The van der Waals surface area contributed by atoms with Crippen LogP contribution in [-0.2, 0) is 0 Å². The quantitative estimate of drug-likeness (QED) is 0.158. The molecule has 0 amide bonds. The lowest BCUT2D eigenvalue weighted by molar-refractivity contribution is 1.18. The van der Waals surface area contributed by atoms with Gasteiger partial charge in [0.15, 0.2) is 0 Å². The summed E-state index contributed by atoms with van der Waals surface area (Å²) in [6, 6.07) is 83.6. The normalized spacial score (nSPS) is 11.4. The molecule has 0 atom stereocenters. The summed E-state index contributed by atoms with van der Waals surface area (Å²) in [6.45, 7) is 0. The van der Waals surface area contributed by atoms with Gasteiger partial charge in [0.05, 0.1) is 22.4 Å². The average Bonchev–Trinajstić information content (AvgIpc) is 3.64. The highest BCUT2D eigenvalue weighted by atomic mass is 15.1. The minimum atomic E-state index is 1.10. The van der Waals surface area contributed by atoms with Crippen molar-refractivity contribution in [2.75, 3.05) is 4.90 Å². The van der Waals surface area contributed by atoms with Gasteiger partial charge >= 0.3 is 0 Å². The Balaban J connectivity index is 1.00. The van der Waals surface area contributed by atoms with Crippen molar-refractivity contribution in [1.29, 1.82) is 0 Å². The van der Waals surface area contributed by atoms with Crippen LogP contribution in [0.4, 0.5) is 17.1 Å². The first kappa shape index (κ1) is 33.6. The molecule has 0 fully saturated rings. The molecule has 1 aromatic heterocycles. The fourth-order valence-electron chi connectivity index (χ4n) is 8.92. The highest BCUT2D eigenvalue weighted by Crippen LogP contribution is 2.44. The van der Waals surface area contributed by atoms with Crippen LogP contribution in [0.15, 0.2) is 231 Å². The summed E-state index contributed by atoms with van der Waals surface area (Å²) in [5.74, 6) is 0. The van der Waals surface area contributed by atoms with E-state index in [4.69, 9.17) is 0 Å². The Kier molecular flexibility index (Phi) is 8.19. The molecule has 0 bridgehead atoms. The van der Waals surface area contributed by atoms with E-state index in [0.717, 1.165) is 17.1 Å². The highest BCUT2D eigenvalue weighted by molar-refractivity contribution is 6.11. The fraction of sp³-hybridized carbons (Fsp3) is 0. The Morgan fingerprint density at radius 1 is 0.276 bits per heavy atom. The van der Waals surface area contributed by atoms with E-state index in [9.17, 15) is 0 Å². The number of nitrogens with zero attached hydrogens (tertiary/aromatic N) is 2. The monoisotopic (exact) mass is 738 g/mol. The second-order valence-corrected chi connectivity index (χ2v) is 14.9. The van der Waals surface area contributed by atoms with Gasteiger partial charge in [0.2, 0.25) is 0 Å². The Hall–Kier alpha value is -7.68. The van der Waals surface area contributed by atoms with Crippen molar-refractivity contribution in [3.8, 4) is 39.1 Å². The summed E-state index contributed by atoms with van der Waals surface area (Å²) < 4.78 is 2.43. The molecular weight excluding hydrogens is 701 g/mol. The Morgan fingerprint density at radius 2 is 0.776 bits per heavy atom. The van der Waals surface area contributed by atoms with Crippen molar-refractivity contribution in [2.24, 2.45) is 0 Å². The SMILES string of the molecule is c1ccc(N(c2ccc(-c3ccc(-c4cccc5ccccc45)cc3)cc2)c2ccc(-c3ccccc3-n3c4ccccc4c4ccccc43)c3ccccc23)cc1. The van der Waals surface area contributed by atoms with Gasteiger partial charge in [-0.2, -0.15) is 0 Å². The lowest BCUT2D eigenvalue weighted by Gasteiger charge is -2.28. The van der Waals surface area contributed by atoms with Gasteiger partial charge < -0.3 is 9.47 Å². The second-order valence-electron chi connectivity index (χ2n) is 14.9. The molecule has 0 aliphatic heterocycles. The van der Waals surface area contributed by atoms with Crippen molar-refractivity contribution in [1.82, 2.24) is 4.57 Å². The van der Waals surface area contributed by atoms with E-state index in [2.05, 4.69) is 240 Å². The molecule has 1 heterocycles. The molecule has 0 radical (unpaired) electrons. The first-order valence-corrected chi connectivity index (χ1v) is 19.9. The third-order valence-corrected chi connectivity index (χ3v) is 11.6. The predicted octanol–water partition coefficient (Wildman–Crippen LogP) is 15.6. The van der Waals surface area contributed by atoms with Crippen LogP contribution in [0.3, 0.4) is 0 Å². The van der Waals surface area contributed by atoms with Crippen LogP contribution in [0.5, 0.6) is 0 Å². The molecule has 0 spiro atoms. The summed E-state index contributed by atoms with van der Waals surface area (Å²) >= 11 is 0. The Labute approximate surface area is 338 Å². The van der Waals surface area contributed by atoms with Gasteiger partial charge in [-0.15, -0.1) is 0 Å². The number of hydrogen-bond acceptors (Lipinski definition) is 1. The maximum Gasteiger partial charge on any atom is 0.0541 e. The number of para-hydroxylation sites is 4. The van der Waals surface area contributed by atoms with Crippen molar-refractivity contribution in [3.05, 3.63) is 231 Å². The molecule has 0 N–H and O–H groups in total. The van der Waals surface area contributed by atoms with Crippen LogP contribution < -0.4 is 4.90 Å². The molecule has 11 rings (SSSR count). The molecule has 58 heavy (non-hydrogen) atoms. The van der Waals surface area contributed by atoms with E-state index in [-0.39, 0.29) is 0 Å². The van der Waals surface area contributed by atoms with E-state index in [1.807, 2.05) is 0 Å². The van der Waals surface area contributed by atoms with Crippen LogP contribution in [0, 0.1) is 0 Å². The molecule has 0 saturated heterocycles. The maximum atomic E-state index is 2.43. The summed E-state index contributed by atoms with van der Waals surface area (Å²) in [7, 11) is 0. The number of rotatable bonds is 7. The van der Waals surface area contributed by atoms with Gasteiger partial charge in [0, 0.05) is 33.1 Å². The standard InChI is InChI=1S/C56H38N2/c1-2-17-43(18-3-1)57(44-35-33-40(34-36-44)39-29-31-42(32-30-39)46-25-14-16-41-15-4-5-19-45(41)46)56-38-37-48(47-20-6-7-21-49(47)56)50-22-8-11-26-53(50)58-54-27-12-9-23-51(54)52-24-10-13-28-55(52)58/h1-38H. The average molecular weight is 739 g/mol. The first-order chi connectivity index (χ1) is 28.8. The van der Waals surface area contributed by atoms with E-state index in [1.165, 1.54) is 82.4 Å². The first-order valence-electron chi connectivity index (χ1n) is 19.9. The molecule has 272 valence electrons. The Morgan fingerprint density at radius 3 is 1.50 bits per heavy atom. The highest BCUT2D eigenvalue weighted by Gasteiger charge is 2.20. The van der Waals surface area contributed by atoms with Gasteiger partial charge in [-0.1, -0.05) is 182 Å². The van der Waals surface area contributed by atoms with Crippen molar-refractivity contribution in [2.45, 2.75) is 0 Å². The topological polar surface area (TPSA) is 8.17 Å². The zero-order valence-corrected chi connectivity index (χ0v) is 31.8. The smallest absolute Gasteiger partial charge is 0.0541 e. The van der Waals surface area contributed by atoms with Gasteiger partial charge in [-0.3, -0.25) is 0 Å². The largest absolute Gasteiger partial charge is 0.310 e. The van der Waals surface area contributed by atoms with Crippen molar-refractivity contribution >= 4 is 60.4 Å². The van der Waals surface area contributed by atoms with E-state index >= 15 is 0 Å². The van der Waals surface area contributed by atoms with Crippen LogP contribution in [-0.4, -0.2) is 4.57 Å². The molecule has 0 saturated carbocycles. The summed E-state index contributed by atoms with van der Waals surface area (Å²) in [4.78, 5) is 2.39. The van der Waals surface area contributed by atoms with Crippen molar-refractivity contribution in [3.63, 3.8) is 0 Å². The van der Waals surface area contributed by atoms with E-state index < -0.39 is 0 Å². The van der Waals surface area contributed by atoms with Crippen LogP contribution >= 0.6 is 0 Å². The summed E-state index contributed by atoms with van der Waals surface area (Å²) in [5.41, 5.74) is 14.2. The number of hydrogen-bond donors (Lipinski definition) is 0. The van der Waals surface area contributed by atoms with E-state index in [1.54, 1.807) is 0 Å². The zero-order valence-electron chi connectivity index (χ0n) is 31.8. The van der Waals surface area contributed by atoms with Gasteiger partial charge in [0.25, 0.3) is 0 Å².